The number of ketones is 1. The van der Waals surface area contributed by atoms with Gasteiger partial charge in [-0.15, -0.1) is 0 Å². The third-order valence-corrected chi connectivity index (χ3v) is 5.10. The van der Waals surface area contributed by atoms with E-state index in [0.717, 1.165) is 11.1 Å². The lowest BCUT2D eigenvalue weighted by Gasteiger charge is -2.30. The van der Waals surface area contributed by atoms with Crippen LogP contribution in [0.4, 0.5) is 0 Å². The molecule has 172 valence electrons. The SMILES string of the molecule is CCOC(Cc1ccc(OCCN2C=C3C=C(OC)C(OC)C(=O)C3=CN2)cc1)C(=O)O. The predicted molar refractivity (Wildman–Crippen MR) is 116 cm³/mol. The third-order valence-electron chi connectivity index (χ3n) is 5.10. The highest BCUT2D eigenvalue weighted by molar-refractivity contribution is 6.06. The van der Waals surface area contributed by atoms with E-state index < -0.39 is 18.2 Å². The van der Waals surface area contributed by atoms with Crippen LogP contribution in [0.1, 0.15) is 12.5 Å². The molecule has 3 rings (SSSR count). The molecule has 2 N–H and O–H groups in total. The second-order valence-corrected chi connectivity index (χ2v) is 7.17. The zero-order valence-electron chi connectivity index (χ0n) is 18.4. The summed E-state index contributed by atoms with van der Waals surface area (Å²) in [7, 11) is 2.98. The van der Waals surface area contributed by atoms with Crippen LogP contribution in [0, 0.1) is 0 Å². The number of carbonyl (C=O) groups excluding carboxylic acids is 1. The fourth-order valence-electron chi connectivity index (χ4n) is 3.47. The molecule has 2 unspecified atom stereocenters. The largest absolute Gasteiger partial charge is 0.498 e. The molecule has 1 aromatic carbocycles. The lowest BCUT2D eigenvalue weighted by molar-refractivity contribution is -0.149. The molecule has 0 bridgehead atoms. The molecule has 0 fully saturated rings. The molecule has 0 aromatic heterocycles. The van der Waals surface area contributed by atoms with Crippen LogP contribution in [0.2, 0.25) is 0 Å². The minimum Gasteiger partial charge on any atom is -0.498 e. The summed E-state index contributed by atoms with van der Waals surface area (Å²) in [6.45, 7) is 3.04. The van der Waals surface area contributed by atoms with Gasteiger partial charge >= 0.3 is 5.97 Å². The van der Waals surface area contributed by atoms with Gasteiger partial charge in [0, 0.05) is 43.7 Å². The Hall–Kier alpha value is -3.30. The molecule has 2 aliphatic rings. The first kappa shape index (κ1) is 23.4. The van der Waals surface area contributed by atoms with Gasteiger partial charge in [0.15, 0.2) is 12.2 Å². The van der Waals surface area contributed by atoms with E-state index in [2.05, 4.69) is 5.43 Å². The van der Waals surface area contributed by atoms with Crippen LogP contribution < -0.4 is 10.2 Å². The highest BCUT2D eigenvalue weighted by Crippen LogP contribution is 2.28. The predicted octanol–water partition coefficient (Wildman–Crippen LogP) is 1.81. The summed E-state index contributed by atoms with van der Waals surface area (Å²) in [5, 5.41) is 11.0. The van der Waals surface area contributed by atoms with Crippen LogP contribution in [0.5, 0.6) is 5.75 Å². The van der Waals surface area contributed by atoms with Crippen molar-refractivity contribution in [3.05, 3.63) is 65.2 Å². The van der Waals surface area contributed by atoms with E-state index in [1.54, 1.807) is 31.3 Å². The molecule has 9 heteroatoms. The number of fused-ring (bicyclic) bond motifs is 1. The van der Waals surface area contributed by atoms with Gasteiger partial charge in [-0.25, -0.2) is 4.79 Å². The van der Waals surface area contributed by atoms with Crippen LogP contribution in [-0.4, -0.2) is 68.1 Å². The van der Waals surface area contributed by atoms with Crippen molar-refractivity contribution in [3.8, 4) is 5.75 Å². The number of hydrogen-bond donors (Lipinski definition) is 2. The molecule has 9 nitrogen and oxygen atoms in total. The number of rotatable bonds is 11. The second-order valence-electron chi connectivity index (χ2n) is 7.17. The number of hydrazine groups is 1. The van der Waals surface area contributed by atoms with E-state index in [4.69, 9.17) is 18.9 Å². The van der Waals surface area contributed by atoms with Crippen molar-refractivity contribution in [2.24, 2.45) is 0 Å². The molecule has 2 atom stereocenters. The Morgan fingerprint density at radius 3 is 2.62 bits per heavy atom. The fraction of sp³-hybridized carbons (Fsp3) is 0.391. The first-order chi connectivity index (χ1) is 15.5. The number of carbonyl (C=O) groups is 2. The highest BCUT2D eigenvalue weighted by atomic mass is 16.5. The number of ether oxygens (including phenoxy) is 4. The Balaban J connectivity index is 1.54. The average molecular weight is 444 g/mol. The molecule has 1 heterocycles. The minimum atomic E-state index is -0.975. The van der Waals surface area contributed by atoms with Gasteiger partial charge in [-0.05, 0) is 30.7 Å². The standard InChI is InChI=1S/C23H28N2O7/c1-4-31-20(23(27)28)11-15-5-7-17(8-6-15)32-10-9-25-14-16-12-19(29-2)22(30-3)21(26)18(16)13-24-25/h5-8,12-14,20,22,24H,4,9-11H2,1-3H3,(H,27,28). The number of allylic oxidation sites excluding steroid dienone is 2. The molecule has 0 saturated carbocycles. The zero-order chi connectivity index (χ0) is 23.1. The van der Waals surface area contributed by atoms with Crippen molar-refractivity contribution in [1.82, 2.24) is 10.4 Å². The molecule has 0 radical (unpaired) electrons. The van der Waals surface area contributed by atoms with Crippen LogP contribution in [0.25, 0.3) is 0 Å². The van der Waals surface area contributed by atoms with E-state index >= 15 is 0 Å². The number of benzene rings is 1. The van der Waals surface area contributed by atoms with Gasteiger partial charge in [0.2, 0.25) is 5.78 Å². The monoisotopic (exact) mass is 444 g/mol. The molecule has 1 aromatic rings. The number of aliphatic carboxylic acids is 1. The normalized spacial score (nSPS) is 18.6. The van der Waals surface area contributed by atoms with Crippen molar-refractivity contribution < 1.29 is 33.6 Å². The maximum atomic E-state index is 12.6. The van der Waals surface area contributed by atoms with E-state index in [-0.39, 0.29) is 5.78 Å². The smallest absolute Gasteiger partial charge is 0.333 e. The first-order valence-corrected chi connectivity index (χ1v) is 10.3. The number of carboxylic acids is 1. The summed E-state index contributed by atoms with van der Waals surface area (Å²) in [5.41, 5.74) is 5.20. The van der Waals surface area contributed by atoms with Crippen molar-refractivity contribution in [2.75, 3.05) is 34.0 Å². The van der Waals surface area contributed by atoms with Gasteiger partial charge in [-0.1, -0.05) is 12.1 Å². The third kappa shape index (κ3) is 5.49. The zero-order valence-corrected chi connectivity index (χ0v) is 18.4. The number of carboxylic acid groups (broad SMARTS) is 1. The maximum absolute atomic E-state index is 12.6. The first-order valence-electron chi connectivity index (χ1n) is 10.3. The molecule has 0 saturated heterocycles. The molecule has 0 spiro atoms. The van der Waals surface area contributed by atoms with Crippen LogP contribution in [0.15, 0.2) is 59.6 Å². The summed E-state index contributed by atoms with van der Waals surface area (Å²) in [6, 6.07) is 7.27. The summed E-state index contributed by atoms with van der Waals surface area (Å²) in [4.78, 5) is 23.8. The fourth-order valence-corrected chi connectivity index (χ4v) is 3.47. The van der Waals surface area contributed by atoms with Crippen LogP contribution in [0.3, 0.4) is 0 Å². The van der Waals surface area contributed by atoms with Gasteiger partial charge < -0.3 is 29.5 Å². The van der Waals surface area contributed by atoms with Gasteiger partial charge in [0.25, 0.3) is 0 Å². The average Bonchev–Trinajstić information content (AvgIpc) is 2.79. The summed E-state index contributed by atoms with van der Waals surface area (Å²) in [6.07, 6.45) is 3.97. The molecule has 32 heavy (non-hydrogen) atoms. The molecule has 1 aliphatic heterocycles. The van der Waals surface area contributed by atoms with Crippen molar-refractivity contribution in [1.29, 1.82) is 0 Å². The van der Waals surface area contributed by atoms with Crippen LogP contribution >= 0.6 is 0 Å². The lowest BCUT2D eigenvalue weighted by Crippen LogP contribution is -2.40. The number of nitrogens with zero attached hydrogens (tertiary/aromatic N) is 1. The van der Waals surface area contributed by atoms with Crippen molar-refractivity contribution in [2.45, 2.75) is 25.6 Å². The van der Waals surface area contributed by atoms with E-state index in [9.17, 15) is 14.7 Å². The lowest BCUT2D eigenvalue weighted by atomic mass is 9.91. The van der Waals surface area contributed by atoms with Gasteiger partial charge in [0.05, 0.1) is 13.7 Å². The van der Waals surface area contributed by atoms with Crippen molar-refractivity contribution >= 4 is 11.8 Å². The summed E-state index contributed by atoms with van der Waals surface area (Å²) in [5.74, 6) is 0.0114. The topological polar surface area (TPSA) is 107 Å². The second kappa shape index (κ2) is 10.8. The number of nitrogens with one attached hydrogen (secondary N) is 1. The summed E-state index contributed by atoms with van der Waals surface area (Å²) < 4.78 is 21.6. The highest BCUT2D eigenvalue weighted by Gasteiger charge is 2.34. The van der Waals surface area contributed by atoms with E-state index in [1.165, 1.54) is 14.2 Å². The Bertz CT molecular complexity index is 921. The van der Waals surface area contributed by atoms with Gasteiger partial charge in [0.1, 0.15) is 18.1 Å². The Morgan fingerprint density at radius 1 is 1.25 bits per heavy atom. The molecule has 1 aliphatic carbocycles. The Kier molecular flexibility index (Phi) is 7.91. The van der Waals surface area contributed by atoms with Gasteiger partial charge in [-0.3, -0.25) is 9.80 Å². The van der Waals surface area contributed by atoms with E-state index in [1.807, 2.05) is 23.3 Å². The quantitative estimate of drug-likeness (QED) is 0.528. The number of Topliss-reactive ketones (excluding diaryl/α,β-unsaturated/α-hetero) is 1. The van der Waals surface area contributed by atoms with Crippen LogP contribution in [-0.2, 0) is 30.2 Å². The minimum absolute atomic E-state index is 0.156. The Morgan fingerprint density at radius 2 is 2.00 bits per heavy atom. The maximum Gasteiger partial charge on any atom is 0.333 e. The number of hydrogen-bond acceptors (Lipinski definition) is 8. The summed E-state index contributed by atoms with van der Waals surface area (Å²) >= 11 is 0. The molecular formula is C23H28N2O7. The molecular weight excluding hydrogens is 416 g/mol. The van der Waals surface area contributed by atoms with Gasteiger partial charge in [-0.2, -0.15) is 0 Å². The van der Waals surface area contributed by atoms with E-state index in [0.29, 0.717) is 43.3 Å². The number of methoxy groups -OCH3 is 2. The Labute approximate surface area is 186 Å². The molecule has 0 amide bonds. The van der Waals surface area contributed by atoms with Crippen molar-refractivity contribution in [3.63, 3.8) is 0 Å².